The number of hydrogen-bond acceptors (Lipinski definition) is 3. The van der Waals surface area contributed by atoms with E-state index in [1.54, 1.807) is 12.1 Å². The summed E-state index contributed by atoms with van der Waals surface area (Å²) in [4.78, 5) is 38.2. The lowest BCUT2D eigenvalue weighted by atomic mass is 10.1. The van der Waals surface area contributed by atoms with Crippen LogP contribution in [-0.2, 0) is 9.59 Å². The van der Waals surface area contributed by atoms with E-state index >= 15 is 0 Å². The van der Waals surface area contributed by atoms with Gasteiger partial charge in [-0.1, -0.05) is 31.0 Å². The molecule has 25 heavy (non-hydrogen) atoms. The second-order valence-corrected chi connectivity index (χ2v) is 6.80. The predicted octanol–water partition coefficient (Wildman–Crippen LogP) is 1.32. The van der Waals surface area contributed by atoms with Gasteiger partial charge in [-0.2, -0.15) is 0 Å². The Bertz CT molecular complexity index is 626. The molecule has 3 amide bonds. The van der Waals surface area contributed by atoms with Gasteiger partial charge in [0, 0.05) is 37.7 Å². The van der Waals surface area contributed by atoms with Gasteiger partial charge in [0.1, 0.15) is 0 Å². The van der Waals surface area contributed by atoms with Crippen molar-refractivity contribution < 1.29 is 14.4 Å². The fourth-order valence-electron chi connectivity index (χ4n) is 3.67. The summed E-state index contributed by atoms with van der Waals surface area (Å²) in [5, 5.41) is 5.61. The molecule has 1 saturated carbocycles. The van der Waals surface area contributed by atoms with Crippen molar-refractivity contribution in [2.75, 3.05) is 19.6 Å². The maximum Gasteiger partial charge on any atom is 0.251 e. The summed E-state index contributed by atoms with van der Waals surface area (Å²) in [7, 11) is 0. The Hall–Kier alpha value is -2.37. The highest BCUT2D eigenvalue weighted by Crippen LogP contribution is 2.29. The number of nitrogens with one attached hydrogen (secondary N) is 2. The van der Waals surface area contributed by atoms with Crippen LogP contribution in [0.25, 0.3) is 0 Å². The van der Waals surface area contributed by atoms with Crippen LogP contribution in [0.4, 0.5) is 0 Å². The lowest BCUT2D eigenvalue weighted by Gasteiger charge is -2.23. The van der Waals surface area contributed by atoms with E-state index in [2.05, 4.69) is 10.6 Å². The van der Waals surface area contributed by atoms with Crippen molar-refractivity contribution in [3.8, 4) is 0 Å². The molecule has 0 radical (unpaired) electrons. The first kappa shape index (κ1) is 17.5. The minimum atomic E-state index is -0.266. The van der Waals surface area contributed by atoms with Gasteiger partial charge in [0.25, 0.3) is 5.91 Å². The average molecular weight is 343 g/mol. The van der Waals surface area contributed by atoms with Gasteiger partial charge in [0.05, 0.1) is 5.92 Å². The van der Waals surface area contributed by atoms with Gasteiger partial charge in [0.15, 0.2) is 0 Å². The summed E-state index contributed by atoms with van der Waals surface area (Å²) >= 11 is 0. The molecule has 2 fully saturated rings. The third-order valence-electron chi connectivity index (χ3n) is 5.04. The number of hydrogen-bond donors (Lipinski definition) is 2. The van der Waals surface area contributed by atoms with E-state index in [1.807, 2.05) is 23.1 Å². The van der Waals surface area contributed by atoms with Gasteiger partial charge in [-0.05, 0) is 25.0 Å². The second-order valence-electron chi connectivity index (χ2n) is 6.80. The highest BCUT2D eigenvalue weighted by molar-refractivity contribution is 5.94. The Labute approximate surface area is 148 Å². The van der Waals surface area contributed by atoms with Gasteiger partial charge in [-0.25, -0.2) is 0 Å². The molecule has 3 rings (SSSR count). The van der Waals surface area contributed by atoms with Gasteiger partial charge < -0.3 is 15.5 Å². The number of nitrogens with zero attached hydrogens (tertiary/aromatic N) is 1. The van der Waals surface area contributed by atoms with Crippen molar-refractivity contribution in [2.45, 2.75) is 38.1 Å². The minimum Gasteiger partial charge on any atom is -0.354 e. The topological polar surface area (TPSA) is 78.5 Å². The Morgan fingerprint density at radius 2 is 1.72 bits per heavy atom. The minimum absolute atomic E-state index is 0.0946. The van der Waals surface area contributed by atoms with Crippen molar-refractivity contribution in [1.29, 1.82) is 0 Å². The maximum absolute atomic E-state index is 12.3. The Morgan fingerprint density at radius 3 is 2.44 bits per heavy atom. The van der Waals surface area contributed by atoms with Crippen LogP contribution in [0.3, 0.4) is 0 Å². The molecule has 0 aromatic heterocycles. The highest BCUT2D eigenvalue weighted by Gasteiger charge is 2.38. The van der Waals surface area contributed by atoms with E-state index in [1.165, 1.54) is 12.8 Å². The van der Waals surface area contributed by atoms with E-state index in [-0.39, 0.29) is 23.6 Å². The predicted molar refractivity (Wildman–Crippen MR) is 93.9 cm³/mol. The fourth-order valence-corrected chi connectivity index (χ4v) is 3.67. The smallest absolute Gasteiger partial charge is 0.251 e. The first-order valence-electron chi connectivity index (χ1n) is 9.05. The van der Waals surface area contributed by atoms with E-state index in [0.29, 0.717) is 37.7 Å². The van der Waals surface area contributed by atoms with Crippen molar-refractivity contribution in [1.82, 2.24) is 15.5 Å². The first-order valence-corrected chi connectivity index (χ1v) is 9.05. The van der Waals surface area contributed by atoms with Crippen LogP contribution in [0.5, 0.6) is 0 Å². The third-order valence-corrected chi connectivity index (χ3v) is 5.04. The van der Waals surface area contributed by atoms with E-state index in [9.17, 15) is 14.4 Å². The summed E-state index contributed by atoms with van der Waals surface area (Å²) in [6.07, 6.45) is 4.77. The molecule has 2 N–H and O–H groups in total. The Kier molecular flexibility index (Phi) is 5.68. The summed E-state index contributed by atoms with van der Waals surface area (Å²) in [5.41, 5.74) is 0.599. The number of carbonyl (C=O) groups excluding carboxylic acids is 3. The number of carbonyl (C=O) groups is 3. The van der Waals surface area contributed by atoms with Gasteiger partial charge in [-0.15, -0.1) is 0 Å². The Morgan fingerprint density at radius 1 is 1.04 bits per heavy atom. The SMILES string of the molecule is O=C(NCCNC(=O)[C@H]1CC(=O)N(C2CCCC2)C1)c1ccccc1. The van der Waals surface area contributed by atoms with Crippen molar-refractivity contribution in [3.05, 3.63) is 35.9 Å². The van der Waals surface area contributed by atoms with Gasteiger partial charge in [-0.3, -0.25) is 14.4 Å². The molecule has 6 heteroatoms. The number of likely N-dealkylation sites (tertiary alicyclic amines) is 1. The second kappa shape index (κ2) is 8.14. The van der Waals surface area contributed by atoms with Gasteiger partial charge in [0.2, 0.25) is 11.8 Å². The molecule has 1 aliphatic heterocycles. The largest absolute Gasteiger partial charge is 0.354 e. The zero-order valence-corrected chi connectivity index (χ0v) is 14.4. The number of benzene rings is 1. The quantitative estimate of drug-likeness (QED) is 0.765. The van der Waals surface area contributed by atoms with Crippen LogP contribution >= 0.6 is 0 Å². The molecule has 6 nitrogen and oxygen atoms in total. The van der Waals surface area contributed by atoms with Gasteiger partial charge >= 0.3 is 0 Å². The molecule has 1 aliphatic carbocycles. The Balaban J connectivity index is 1.38. The first-order chi connectivity index (χ1) is 12.1. The lowest BCUT2D eigenvalue weighted by Crippen LogP contribution is -2.39. The number of amides is 3. The summed E-state index contributed by atoms with van der Waals surface area (Å²) < 4.78 is 0. The fraction of sp³-hybridized carbons (Fsp3) is 0.526. The van der Waals surface area contributed by atoms with E-state index in [4.69, 9.17) is 0 Å². The van der Waals surface area contributed by atoms with Crippen LogP contribution in [-0.4, -0.2) is 48.3 Å². The maximum atomic E-state index is 12.3. The molecule has 2 aliphatic rings. The van der Waals surface area contributed by atoms with Crippen LogP contribution in [0.1, 0.15) is 42.5 Å². The van der Waals surface area contributed by atoms with Crippen LogP contribution < -0.4 is 10.6 Å². The molecular weight excluding hydrogens is 318 g/mol. The molecule has 134 valence electrons. The zero-order valence-electron chi connectivity index (χ0n) is 14.4. The molecular formula is C19H25N3O3. The molecule has 1 aromatic carbocycles. The van der Waals surface area contributed by atoms with E-state index < -0.39 is 0 Å². The molecule has 1 aromatic rings. The molecule has 0 bridgehead atoms. The molecule has 1 saturated heterocycles. The molecule has 0 unspecified atom stereocenters. The summed E-state index contributed by atoms with van der Waals surface area (Å²) in [6.45, 7) is 1.27. The van der Waals surface area contributed by atoms with Crippen LogP contribution in [0.2, 0.25) is 0 Å². The number of rotatable bonds is 6. The highest BCUT2D eigenvalue weighted by atomic mass is 16.2. The van der Waals surface area contributed by atoms with Crippen LogP contribution in [0, 0.1) is 5.92 Å². The normalized spacial score (nSPS) is 20.7. The third kappa shape index (κ3) is 4.38. The lowest BCUT2D eigenvalue weighted by molar-refractivity contribution is -0.130. The van der Waals surface area contributed by atoms with E-state index in [0.717, 1.165) is 12.8 Å². The summed E-state index contributed by atoms with van der Waals surface area (Å²) in [6, 6.07) is 9.30. The van der Waals surface area contributed by atoms with Crippen molar-refractivity contribution in [2.24, 2.45) is 5.92 Å². The molecule has 0 spiro atoms. The molecule has 1 atom stereocenters. The van der Waals surface area contributed by atoms with Crippen LogP contribution in [0.15, 0.2) is 30.3 Å². The molecule has 1 heterocycles. The standard InChI is InChI=1S/C19H25N3O3/c23-17-12-15(13-22(17)16-8-4-5-9-16)19(25)21-11-10-20-18(24)14-6-2-1-3-7-14/h1-3,6-7,15-16H,4-5,8-13H2,(H,20,24)(H,21,25)/t15-/m0/s1. The average Bonchev–Trinajstić information content (AvgIpc) is 3.28. The van der Waals surface area contributed by atoms with Crippen molar-refractivity contribution >= 4 is 17.7 Å². The summed E-state index contributed by atoms with van der Waals surface area (Å²) in [5.74, 6) is -0.413. The zero-order chi connectivity index (χ0) is 17.6. The van der Waals surface area contributed by atoms with Crippen molar-refractivity contribution in [3.63, 3.8) is 0 Å². The monoisotopic (exact) mass is 343 g/mol.